The van der Waals surface area contributed by atoms with Gasteiger partial charge in [0.2, 0.25) is 5.75 Å². The first-order chi connectivity index (χ1) is 13.5. The van der Waals surface area contributed by atoms with Crippen LogP contribution in [-0.4, -0.2) is 37.7 Å². The number of rotatable bonds is 7. The Morgan fingerprint density at radius 2 is 1.75 bits per heavy atom. The number of carboxylic acid groups (broad SMARTS) is 1. The molecule has 0 amide bonds. The molecule has 6 nitrogen and oxygen atoms in total. The summed E-state index contributed by atoms with van der Waals surface area (Å²) in [6, 6.07) is 9.32. The van der Waals surface area contributed by atoms with Crippen LogP contribution in [-0.2, 0) is 11.2 Å². The predicted octanol–water partition coefficient (Wildman–Crippen LogP) is 3.74. The average Bonchev–Trinajstić information content (AvgIpc) is 3.42. The normalized spacial score (nSPS) is 16.4. The van der Waals surface area contributed by atoms with Crippen LogP contribution in [0.2, 0.25) is 0 Å². The molecule has 0 atom stereocenters. The first-order valence-corrected chi connectivity index (χ1v) is 9.27. The summed E-state index contributed by atoms with van der Waals surface area (Å²) in [5.41, 5.74) is 2.57. The molecule has 2 aliphatic rings. The Bertz CT molecular complexity index is 958. The lowest BCUT2D eigenvalue weighted by molar-refractivity contribution is -0.144. The fraction of sp³-hybridized carbons (Fsp3) is 0.364. The molecule has 0 bridgehead atoms. The van der Waals surface area contributed by atoms with Crippen molar-refractivity contribution < 1.29 is 28.9 Å². The van der Waals surface area contributed by atoms with Crippen LogP contribution in [0.5, 0.6) is 17.2 Å². The van der Waals surface area contributed by atoms with E-state index < -0.39 is 11.4 Å². The molecule has 0 spiro atoms. The molecule has 1 saturated carbocycles. The number of hydrogen-bond donors (Lipinski definition) is 1. The highest BCUT2D eigenvalue weighted by molar-refractivity contribution is 6.02. The fourth-order valence-electron chi connectivity index (χ4n) is 3.78. The molecule has 2 aromatic carbocycles. The van der Waals surface area contributed by atoms with E-state index in [4.69, 9.17) is 14.2 Å². The van der Waals surface area contributed by atoms with Gasteiger partial charge in [0.1, 0.15) is 12.0 Å². The van der Waals surface area contributed by atoms with Gasteiger partial charge in [-0.25, -0.2) is 0 Å². The van der Waals surface area contributed by atoms with Crippen LogP contribution in [0.3, 0.4) is 0 Å². The first-order valence-electron chi connectivity index (χ1n) is 9.27. The van der Waals surface area contributed by atoms with Crippen molar-refractivity contribution in [2.45, 2.75) is 25.7 Å². The number of ether oxygens (including phenoxy) is 3. The Morgan fingerprint density at radius 3 is 2.39 bits per heavy atom. The van der Waals surface area contributed by atoms with Crippen molar-refractivity contribution in [3.8, 4) is 28.4 Å². The monoisotopic (exact) mass is 382 g/mol. The molecule has 0 aromatic heterocycles. The molecule has 1 N–H and O–H groups in total. The highest BCUT2D eigenvalue weighted by atomic mass is 16.5. The standard InChI is InChI=1S/C22H22O6/c1-26-18-9-7-16(13-4-3-5-15-14(13)6-8-17(15)23)19(20(18)27-2)28-12-22(10-11-22)21(24)25/h3-5,7,9H,6,8,10-12H2,1-2H3,(H,24,25). The van der Waals surface area contributed by atoms with Crippen molar-refractivity contribution in [1.82, 2.24) is 0 Å². The zero-order valence-electron chi connectivity index (χ0n) is 15.9. The minimum Gasteiger partial charge on any atom is -0.493 e. The lowest BCUT2D eigenvalue weighted by atomic mass is 9.95. The molecule has 0 unspecified atom stereocenters. The van der Waals surface area contributed by atoms with Crippen molar-refractivity contribution in [3.63, 3.8) is 0 Å². The minimum absolute atomic E-state index is 0.0623. The van der Waals surface area contributed by atoms with Crippen LogP contribution < -0.4 is 14.2 Å². The number of carbonyl (C=O) groups is 2. The summed E-state index contributed by atoms with van der Waals surface area (Å²) < 4.78 is 17.0. The minimum atomic E-state index is -0.845. The molecular weight excluding hydrogens is 360 g/mol. The third kappa shape index (κ3) is 2.89. The molecule has 4 rings (SSSR count). The molecule has 0 aliphatic heterocycles. The smallest absolute Gasteiger partial charge is 0.313 e. The lowest BCUT2D eigenvalue weighted by Gasteiger charge is -2.20. The molecule has 1 fully saturated rings. The van der Waals surface area contributed by atoms with E-state index in [-0.39, 0.29) is 12.4 Å². The Morgan fingerprint density at radius 1 is 1.00 bits per heavy atom. The molecule has 146 valence electrons. The number of fused-ring (bicyclic) bond motifs is 1. The third-order valence-electron chi connectivity index (χ3n) is 5.67. The zero-order chi connectivity index (χ0) is 19.9. The topological polar surface area (TPSA) is 82.1 Å². The van der Waals surface area contributed by atoms with Crippen molar-refractivity contribution >= 4 is 11.8 Å². The van der Waals surface area contributed by atoms with Gasteiger partial charge >= 0.3 is 5.97 Å². The Balaban J connectivity index is 1.82. The number of methoxy groups -OCH3 is 2. The van der Waals surface area contributed by atoms with E-state index in [9.17, 15) is 14.7 Å². The van der Waals surface area contributed by atoms with Gasteiger partial charge in [-0.2, -0.15) is 0 Å². The van der Waals surface area contributed by atoms with Gasteiger partial charge in [0.15, 0.2) is 17.3 Å². The highest BCUT2D eigenvalue weighted by Gasteiger charge is 2.51. The maximum atomic E-state index is 12.2. The summed E-state index contributed by atoms with van der Waals surface area (Å²) in [6.45, 7) is 0.0623. The summed E-state index contributed by atoms with van der Waals surface area (Å²) in [6.07, 6.45) is 2.37. The van der Waals surface area contributed by atoms with E-state index in [1.54, 1.807) is 13.2 Å². The number of carboxylic acids is 1. The number of aliphatic carboxylic acids is 1. The van der Waals surface area contributed by atoms with Gasteiger partial charge in [-0.1, -0.05) is 18.2 Å². The number of carbonyl (C=O) groups excluding carboxylic acids is 1. The molecule has 2 aliphatic carbocycles. The number of ketones is 1. The maximum absolute atomic E-state index is 12.2. The van der Waals surface area contributed by atoms with Gasteiger partial charge in [0.25, 0.3) is 0 Å². The van der Waals surface area contributed by atoms with E-state index >= 15 is 0 Å². The van der Waals surface area contributed by atoms with Crippen molar-refractivity contribution in [2.24, 2.45) is 5.41 Å². The van der Waals surface area contributed by atoms with Gasteiger partial charge in [-0.15, -0.1) is 0 Å². The van der Waals surface area contributed by atoms with Gasteiger partial charge in [-0.3, -0.25) is 9.59 Å². The van der Waals surface area contributed by atoms with Crippen LogP contribution in [0.4, 0.5) is 0 Å². The number of Topliss-reactive ketones (excluding diaryl/α,β-unsaturated/α-hetero) is 1. The van der Waals surface area contributed by atoms with Crippen molar-refractivity contribution in [2.75, 3.05) is 20.8 Å². The van der Waals surface area contributed by atoms with Crippen molar-refractivity contribution in [1.29, 1.82) is 0 Å². The fourth-order valence-corrected chi connectivity index (χ4v) is 3.78. The molecule has 0 saturated heterocycles. The largest absolute Gasteiger partial charge is 0.493 e. The number of hydrogen-bond acceptors (Lipinski definition) is 5. The Labute approximate surface area is 163 Å². The lowest BCUT2D eigenvalue weighted by Crippen LogP contribution is -2.23. The van der Waals surface area contributed by atoms with Crippen LogP contribution >= 0.6 is 0 Å². The first kappa shape index (κ1) is 18.3. The molecular formula is C22H22O6. The summed E-state index contributed by atoms with van der Waals surface area (Å²) in [5.74, 6) is 0.667. The van der Waals surface area contributed by atoms with Crippen LogP contribution in [0.1, 0.15) is 35.2 Å². The van der Waals surface area contributed by atoms with E-state index in [1.165, 1.54) is 7.11 Å². The summed E-state index contributed by atoms with van der Waals surface area (Å²) in [4.78, 5) is 23.7. The van der Waals surface area contributed by atoms with Crippen LogP contribution in [0, 0.1) is 5.41 Å². The summed E-state index contributed by atoms with van der Waals surface area (Å²) >= 11 is 0. The van der Waals surface area contributed by atoms with E-state index in [0.717, 1.165) is 22.3 Å². The molecule has 6 heteroatoms. The van der Waals surface area contributed by atoms with Crippen LogP contribution in [0.25, 0.3) is 11.1 Å². The van der Waals surface area contributed by atoms with E-state index in [1.807, 2.05) is 24.3 Å². The summed E-state index contributed by atoms with van der Waals surface area (Å²) in [5, 5.41) is 9.48. The molecule has 2 aromatic rings. The van der Waals surface area contributed by atoms with Gasteiger partial charge in [0.05, 0.1) is 14.2 Å². The zero-order valence-corrected chi connectivity index (χ0v) is 15.9. The average molecular weight is 382 g/mol. The SMILES string of the molecule is COc1ccc(-c2cccc3c2CCC3=O)c(OCC2(C(=O)O)CC2)c1OC. The van der Waals surface area contributed by atoms with Gasteiger partial charge in [0, 0.05) is 17.5 Å². The van der Waals surface area contributed by atoms with E-state index in [0.29, 0.717) is 42.9 Å². The Kier molecular flexibility index (Phi) is 4.49. The quantitative estimate of drug-likeness (QED) is 0.785. The van der Waals surface area contributed by atoms with Gasteiger partial charge in [-0.05, 0) is 42.5 Å². The second-order valence-electron chi connectivity index (χ2n) is 7.31. The van der Waals surface area contributed by atoms with Gasteiger partial charge < -0.3 is 19.3 Å². The second-order valence-corrected chi connectivity index (χ2v) is 7.31. The number of benzene rings is 2. The second kappa shape index (κ2) is 6.86. The van der Waals surface area contributed by atoms with E-state index in [2.05, 4.69) is 0 Å². The maximum Gasteiger partial charge on any atom is 0.313 e. The van der Waals surface area contributed by atoms with Crippen molar-refractivity contribution in [3.05, 3.63) is 41.5 Å². The molecule has 0 heterocycles. The molecule has 0 radical (unpaired) electrons. The van der Waals surface area contributed by atoms with Crippen LogP contribution in [0.15, 0.2) is 30.3 Å². The molecule has 28 heavy (non-hydrogen) atoms. The Hall–Kier alpha value is -3.02. The summed E-state index contributed by atoms with van der Waals surface area (Å²) in [7, 11) is 3.07. The highest BCUT2D eigenvalue weighted by Crippen LogP contribution is 2.50. The predicted molar refractivity (Wildman–Crippen MR) is 102 cm³/mol. The third-order valence-corrected chi connectivity index (χ3v) is 5.67.